The molecule has 0 rings (SSSR count). The standard InChI is InChI=1S/C9H14O3/c1-4-5-8(11-2)6-7-9(10)12-3/h5-7H,4H2,1-3H3/b7-6+,8-5-. The van der Waals surface area contributed by atoms with Gasteiger partial charge in [0.15, 0.2) is 0 Å². The van der Waals surface area contributed by atoms with Crippen molar-refractivity contribution >= 4 is 5.97 Å². The second kappa shape index (κ2) is 6.46. The van der Waals surface area contributed by atoms with Gasteiger partial charge in [0.2, 0.25) is 0 Å². The van der Waals surface area contributed by atoms with Crippen LogP contribution in [0.25, 0.3) is 0 Å². The summed E-state index contributed by atoms with van der Waals surface area (Å²) < 4.78 is 9.37. The van der Waals surface area contributed by atoms with Crippen LogP contribution in [0, 0.1) is 0 Å². The second-order valence-corrected chi connectivity index (χ2v) is 2.08. The Morgan fingerprint density at radius 3 is 2.33 bits per heavy atom. The van der Waals surface area contributed by atoms with Crippen molar-refractivity contribution < 1.29 is 14.3 Å². The third kappa shape index (κ3) is 4.55. The minimum Gasteiger partial charge on any atom is -0.497 e. The Morgan fingerprint density at radius 2 is 1.92 bits per heavy atom. The molecule has 0 saturated carbocycles. The zero-order valence-electron chi connectivity index (χ0n) is 7.66. The van der Waals surface area contributed by atoms with Gasteiger partial charge in [0.1, 0.15) is 5.76 Å². The molecule has 0 aromatic rings. The van der Waals surface area contributed by atoms with E-state index in [1.54, 1.807) is 13.2 Å². The Morgan fingerprint density at radius 1 is 1.25 bits per heavy atom. The first-order valence-corrected chi connectivity index (χ1v) is 3.74. The zero-order valence-corrected chi connectivity index (χ0v) is 7.66. The molecule has 0 aliphatic rings. The van der Waals surface area contributed by atoms with Crippen molar-refractivity contribution in [1.29, 1.82) is 0 Å². The molecule has 68 valence electrons. The number of ether oxygens (including phenoxy) is 2. The Balaban J connectivity index is 4.10. The van der Waals surface area contributed by atoms with Crippen LogP contribution in [0.3, 0.4) is 0 Å². The van der Waals surface area contributed by atoms with Crippen LogP contribution in [0.15, 0.2) is 24.0 Å². The number of hydrogen-bond donors (Lipinski definition) is 0. The highest BCUT2D eigenvalue weighted by molar-refractivity contribution is 5.82. The largest absolute Gasteiger partial charge is 0.497 e. The van der Waals surface area contributed by atoms with Crippen molar-refractivity contribution in [2.45, 2.75) is 13.3 Å². The van der Waals surface area contributed by atoms with E-state index >= 15 is 0 Å². The lowest BCUT2D eigenvalue weighted by atomic mass is 10.3. The summed E-state index contributed by atoms with van der Waals surface area (Å²) in [6.45, 7) is 1.99. The number of rotatable bonds is 4. The minimum absolute atomic E-state index is 0.381. The van der Waals surface area contributed by atoms with Gasteiger partial charge in [-0.05, 0) is 18.6 Å². The van der Waals surface area contributed by atoms with E-state index in [-0.39, 0.29) is 5.97 Å². The summed E-state index contributed by atoms with van der Waals surface area (Å²) in [6, 6.07) is 0. The molecule has 0 bridgehead atoms. The summed E-state index contributed by atoms with van der Waals surface area (Å²) in [5.74, 6) is 0.289. The zero-order chi connectivity index (χ0) is 9.40. The van der Waals surface area contributed by atoms with E-state index in [0.717, 1.165) is 6.42 Å². The fourth-order valence-electron chi connectivity index (χ4n) is 0.639. The first-order chi connectivity index (χ1) is 5.74. The van der Waals surface area contributed by atoms with Crippen molar-refractivity contribution in [3.63, 3.8) is 0 Å². The van der Waals surface area contributed by atoms with Gasteiger partial charge in [0.25, 0.3) is 0 Å². The van der Waals surface area contributed by atoms with E-state index in [0.29, 0.717) is 5.76 Å². The van der Waals surface area contributed by atoms with Crippen LogP contribution >= 0.6 is 0 Å². The van der Waals surface area contributed by atoms with E-state index < -0.39 is 0 Å². The van der Waals surface area contributed by atoms with Crippen LogP contribution in [0.1, 0.15) is 13.3 Å². The van der Waals surface area contributed by atoms with Crippen LogP contribution in [-0.2, 0) is 14.3 Å². The van der Waals surface area contributed by atoms with Gasteiger partial charge in [-0.1, -0.05) is 6.92 Å². The summed E-state index contributed by atoms with van der Waals surface area (Å²) in [5.41, 5.74) is 0. The van der Waals surface area contributed by atoms with Crippen LogP contribution in [0.5, 0.6) is 0 Å². The number of carbonyl (C=O) groups is 1. The molecule has 0 heterocycles. The molecule has 0 radical (unpaired) electrons. The Kier molecular flexibility index (Phi) is 5.79. The minimum atomic E-state index is -0.381. The lowest BCUT2D eigenvalue weighted by Gasteiger charge is -1.97. The molecule has 3 heteroatoms. The molecule has 0 aromatic heterocycles. The van der Waals surface area contributed by atoms with E-state index in [2.05, 4.69) is 4.74 Å². The normalized spacial score (nSPS) is 11.8. The number of esters is 1. The van der Waals surface area contributed by atoms with E-state index in [9.17, 15) is 4.79 Å². The fraction of sp³-hybridized carbons (Fsp3) is 0.444. The molecule has 0 fully saturated rings. The highest BCUT2D eigenvalue weighted by atomic mass is 16.5. The molecular formula is C9H14O3. The van der Waals surface area contributed by atoms with Crippen molar-refractivity contribution in [3.05, 3.63) is 24.0 Å². The Hall–Kier alpha value is -1.25. The van der Waals surface area contributed by atoms with Crippen LogP contribution in [0.4, 0.5) is 0 Å². The molecule has 0 aliphatic heterocycles. The predicted molar refractivity (Wildman–Crippen MR) is 46.5 cm³/mol. The maximum Gasteiger partial charge on any atom is 0.330 e. The maximum atomic E-state index is 10.6. The molecule has 0 unspecified atom stereocenters. The van der Waals surface area contributed by atoms with Crippen molar-refractivity contribution in [2.75, 3.05) is 14.2 Å². The molecule has 0 amide bonds. The summed E-state index contributed by atoms with van der Waals surface area (Å²) in [4.78, 5) is 10.6. The van der Waals surface area contributed by atoms with Crippen molar-refractivity contribution in [1.82, 2.24) is 0 Å². The van der Waals surface area contributed by atoms with Gasteiger partial charge in [-0.3, -0.25) is 0 Å². The first-order valence-electron chi connectivity index (χ1n) is 3.74. The van der Waals surface area contributed by atoms with E-state index in [4.69, 9.17) is 4.74 Å². The molecule has 3 nitrogen and oxygen atoms in total. The first kappa shape index (κ1) is 10.8. The van der Waals surface area contributed by atoms with E-state index in [1.165, 1.54) is 13.2 Å². The van der Waals surface area contributed by atoms with Gasteiger partial charge >= 0.3 is 5.97 Å². The van der Waals surface area contributed by atoms with Crippen LogP contribution in [-0.4, -0.2) is 20.2 Å². The lowest BCUT2D eigenvalue weighted by Crippen LogP contribution is -1.94. The van der Waals surface area contributed by atoms with Crippen LogP contribution < -0.4 is 0 Å². The van der Waals surface area contributed by atoms with Gasteiger partial charge in [-0.15, -0.1) is 0 Å². The lowest BCUT2D eigenvalue weighted by molar-refractivity contribution is -0.134. The Bertz CT molecular complexity index is 192. The summed E-state index contributed by atoms with van der Waals surface area (Å²) in [7, 11) is 2.89. The highest BCUT2D eigenvalue weighted by Gasteiger charge is 1.92. The monoisotopic (exact) mass is 170 g/mol. The third-order valence-corrected chi connectivity index (χ3v) is 1.23. The quantitative estimate of drug-likeness (QED) is 0.278. The molecular weight excluding hydrogens is 156 g/mol. The van der Waals surface area contributed by atoms with Crippen LogP contribution in [0.2, 0.25) is 0 Å². The molecule has 0 spiro atoms. The summed E-state index contributed by atoms with van der Waals surface area (Å²) in [5, 5.41) is 0. The molecule has 0 N–H and O–H groups in total. The fourth-order valence-corrected chi connectivity index (χ4v) is 0.639. The maximum absolute atomic E-state index is 10.6. The molecule has 12 heavy (non-hydrogen) atoms. The van der Waals surface area contributed by atoms with Gasteiger partial charge in [0.05, 0.1) is 14.2 Å². The molecule has 0 aliphatic carbocycles. The third-order valence-electron chi connectivity index (χ3n) is 1.23. The summed E-state index contributed by atoms with van der Waals surface area (Å²) >= 11 is 0. The number of hydrogen-bond acceptors (Lipinski definition) is 3. The molecule has 0 saturated heterocycles. The smallest absolute Gasteiger partial charge is 0.330 e. The van der Waals surface area contributed by atoms with Gasteiger partial charge < -0.3 is 9.47 Å². The second-order valence-electron chi connectivity index (χ2n) is 2.08. The van der Waals surface area contributed by atoms with Crippen molar-refractivity contribution in [2.24, 2.45) is 0 Å². The number of methoxy groups -OCH3 is 2. The number of carbonyl (C=O) groups excluding carboxylic acids is 1. The summed E-state index contributed by atoms with van der Waals surface area (Å²) in [6.07, 6.45) is 5.65. The highest BCUT2D eigenvalue weighted by Crippen LogP contribution is 1.99. The van der Waals surface area contributed by atoms with Gasteiger partial charge in [-0.2, -0.15) is 0 Å². The SMILES string of the molecule is CC/C=C(/C=C/C(=O)OC)OC. The average Bonchev–Trinajstić information content (AvgIpc) is 2.11. The van der Waals surface area contributed by atoms with Crippen molar-refractivity contribution in [3.8, 4) is 0 Å². The van der Waals surface area contributed by atoms with Gasteiger partial charge in [-0.25, -0.2) is 4.79 Å². The Labute approximate surface area is 72.7 Å². The average molecular weight is 170 g/mol. The van der Waals surface area contributed by atoms with E-state index in [1.807, 2.05) is 13.0 Å². The molecule has 0 aromatic carbocycles. The topological polar surface area (TPSA) is 35.5 Å². The predicted octanol–water partition coefficient (Wildman–Crippen LogP) is 1.66. The number of allylic oxidation sites excluding steroid dienone is 2. The molecule has 0 atom stereocenters. The van der Waals surface area contributed by atoms with Gasteiger partial charge in [0, 0.05) is 6.08 Å².